The molecule has 1 heterocycles. The Bertz CT molecular complexity index is 566. The average molecular weight is 257 g/mol. The van der Waals surface area contributed by atoms with Gasteiger partial charge in [-0.1, -0.05) is 37.3 Å². The molecule has 1 aromatic carbocycles. The van der Waals surface area contributed by atoms with Gasteiger partial charge >= 0.3 is 0 Å². The smallest absolute Gasteiger partial charge is 0.130 e. The van der Waals surface area contributed by atoms with E-state index < -0.39 is 0 Å². The van der Waals surface area contributed by atoms with Crippen LogP contribution in [-0.2, 0) is 6.42 Å². The summed E-state index contributed by atoms with van der Waals surface area (Å²) < 4.78 is 0. The molecule has 0 saturated heterocycles. The molecule has 0 aliphatic heterocycles. The van der Waals surface area contributed by atoms with E-state index in [1.54, 1.807) is 12.3 Å². The normalized spacial score (nSPS) is 10.1. The first-order valence-corrected chi connectivity index (χ1v) is 6.22. The van der Waals surface area contributed by atoms with Crippen LogP contribution in [0.4, 0.5) is 11.5 Å². The van der Waals surface area contributed by atoms with Crippen molar-refractivity contribution in [2.24, 2.45) is 5.73 Å². The summed E-state index contributed by atoms with van der Waals surface area (Å²) in [6.45, 7) is 2.12. The van der Waals surface area contributed by atoms with Crippen LogP contribution in [0.15, 0.2) is 42.6 Å². The monoisotopic (exact) mass is 257 g/mol. The zero-order chi connectivity index (χ0) is 13.0. The van der Waals surface area contributed by atoms with Crippen molar-refractivity contribution in [2.75, 3.05) is 5.32 Å². The number of nitrogens with one attached hydrogen (secondary N) is 1. The lowest BCUT2D eigenvalue weighted by molar-refractivity contribution is 1.14. The fraction of sp³-hybridized carbons (Fsp3) is 0.143. The molecular formula is C14H15N3S. The first-order valence-electron chi connectivity index (χ1n) is 5.81. The maximum Gasteiger partial charge on any atom is 0.130 e. The van der Waals surface area contributed by atoms with Gasteiger partial charge in [0.15, 0.2) is 0 Å². The van der Waals surface area contributed by atoms with Crippen LogP contribution in [0.25, 0.3) is 0 Å². The van der Waals surface area contributed by atoms with E-state index in [1.165, 1.54) is 5.56 Å². The predicted octanol–water partition coefficient (Wildman–Crippen LogP) is 3.02. The van der Waals surface area contributed by atoms with Gasteiger partial charge in [-0.05, 0) is 30.2 Å². The summed E-state index contributed by atoms with van der Waals surface area (Å²) >= 11 is 4.96. The second-order valence-corrected chi connectivity index (χ2v) is 4.37. The Morgan fingerprint density at radius 1 is 1.33 bits per heavy atom. The molecule has 2 aromatic rings. The van der Waals surface area contributed by atoms with Crippen molar-refractivity contribution < 1.29 is 0 Å². The Hall–Kier alpha value is -1.94. The molecule has 0 unspecified atom stereocenters. The number of thiocarbonyl (C=S) groups is 1. The molecule has 0 amide bonds. The van der Waals surface area contributed by atoms with E-state index in [4.69, 9.17) is 18.0 Å². The molecule has 92 valence electrons. The largest absolute Gasteiger partial charge is 0.389 e. The van der Waals surface area contributed by atoms with Gasteiger partial charge in [-0.2, -0.15) is 0 Å². The van der Waals surface area contributed by atoms with Crippen molar-refractivity contribution in [1.29, 1.82) is 0 Å². The summed E-state index contributed by atoms with van der Waals surface area (Å²) in [6, 6.07) is 11.8. The Kier molecular flexibility index (Phi) is 3.89. The molecular weight excluding hydrogens is 242 g/mol. The third kappa shape index (κ3) is 2.84. The molecule has 2 rings (SSSR count). The maximum absolute atomic E-state index is 5.61. The Morgan fingerprint density at radius 2 is 2.11 bits per heavy atom. The molecule has 0 aliphatic carbocycles. The van der Waals surface area contributed by atoms with E-state index in [0.29, 0.717) is 4.99 Å². The number of aryl methyl sites for hydroxylation is 1. The number of rotatable bonds is 4. The van der Waals surface area contributed by atoms with Gasteiger partial charge in [0.05, 0.1) is 0 Å². The standard InChI is InChI=1S/C14H15N3S/c1-2-10-5-3-4-6-12(10)17-13-9-11(14(15)18)7-8-16-13/h3-9H,2H2,1H3,(H2,15,18)(H,16,17). The third-order valence-corrected chi connectivity index (χ3v) is 2.94. The second kappa shape index (κ2) is 5.60. The van der Waals surface area contributed by atoms with E-state index in [-0.39, 0.29) is 0 Å². The highest BCUT2D eigenvalue weighted by Crippen LogP contribution is 2.20. The fourth-order valence-electron chi connectivity index (χ4n) is 1.74. The molecule has 18 heavy (non-hydrogen) atoms. The molecule has 0 aliphatic rings. The highest BCUT2D eigenvalue weighted by molar-refractivity contribution is 7.80. The van der Waals surface area contributed by atoms with Gasteiger partial charge < -0.3 is 11.1 Å². The van der Waals surface area contributed by atoms with Gasteiger partial charge in [-0.25, -0.2) is 4.98 Å². The Morgan fingerprint density at radius 3 is 2.83 bits per heavy atom. The van der Waals surface area contributed by atoms with E-state index in [2.05, 4.69) is 23.3 Å². The number of nitrogens with two attached hydrogens (primary N) is 1. The van der Waals surface area contributed by atoms with Gasteiger partial charge in [0.1, 0.15) is 10.8 Å². The second-order valence-electron chi connectivity index (χ2n) is 3.93. The molecule has 0 fully saturated rings. The summed E-state index contributed by atoms with van der Waals surface area (Å²) in [5, 5.41) is 3.29. The third-order valence-electron chi connectivity index (χ3n) is 2.71. The number of nitrogens with zero attached hydrogens (tertiary/aromatic N) is 1. The van der Waals surface area contributed by atoms with Gasteiger partial charge in [0.2, 0.25) is 0 Å². The molecule has 1 aromatic heterocycles. The van der Waals surface area contributed by atoms with Crippen molar-refractivity contribution in [1.82, 2.24) is 4.98 Å². The number of pyridine rings is 1. The molecule has 3 nitrogen and oxygen atoms in total. The summed E-state index contributed by atoms with van der Waals surface area (Å²) in [7, 11) is 0. The summed E-state index contributed by atoms with van der Waals surface area (Å²) in [4.78, 5) is 4.65. The number of hydrogen-bond donors (Lipinski definition) is 2. The van der Waals surface area contributed by atoms with Crippen LogP contribution in [0.3, 0.4) is 0 Å². The SMILES string of the molecule is CCc1ccccc1Nc1cc(C(N)=S)ccn1. The molecule has 0 radical (unpaired) electrons. The van der Waals surface area contributed by atoms with Crippen molar-refractivity contribution >= 4 is 28.7 Å². The van der Waals surface area contributed by atoms with Gasteiger partial charge in [-0.15, -0.1) is 0 Å². The minimum atomic E-state index is 0.379. The van der Waals surface area contributed by atoms with Crippen LogP contribution < -0.4 is 11.1 Å². The van der Waals surface area contributed by atoms with Gasteiger partial charge in [0, 0.05) is 17.4 Å². The van der Waals surface area contributed by atoms with Crippen molar-refractivity contribution in [2.45, 2.75) is 13.3 Å². The van der Waals surface area contributed by atoms with Crippen LogP contribution >= 0.6 is 12.2 Å². The lowest BCUT2D eigenvalue weighted by Crippen LogP contribution is -2.10. The number of aromatic nitrogens is 1. The molecule has 0 bridgehead atoms. The van der Waals surface area contributed by atoms with Crippen LogP contribution in [0, 0.1) is 0 Å². The minimum Gasteiger partial charge on any atom is -0.389 e. The van der Waals surface area contributed by atoms with E-state index >= 15 is 0 Å². The lowest BCUT2D eigenvalue weighted by Gasteiger charge is -2.10. The van der Waals surface area contributed by atoms with Gasteiger partial charge in [-0.3, -0.25) is 0 Å². The average Bonchev–Trinajstić information content (AvgIpc) is 2.39. The summed E-state index contributed by atoms with van der Waals surface area (Å²) in [5.74, 6) is 0.751. The quantitative estimate of drug-likeness (QED) is 0.827. The number of benzene rings is 1. The topological polar surface area (TPSA) is 50.9 Å². The summed E-state index contributed by atoms with van der Waals surface area (Å²) in [6.07, 6.45) is 2.67. The molecule has 0 atom stereocenters. The molecule has 3 N–H and O–H groups in total. The summed E-state index contributed by atoms with van der Waals surface area (Å²) in [5.41, 5.74) is 8.74. The van der Waals surface area contributed by atoms with E-state index in [0.717, 1.165) is 23.5 Å². The maximum atomic E-state index is 5.61. The van der Waals surface area contributed by atoms with Crippen molar-refractivity contribution in [3.8, 4) is 0 Å². The molecule has 0 spiro atoms. The van der Waals surface area contributed by atoms with Crippen LogP contribution in [0.5, 0.6) is 0 Å². The van der Waals surface area contributed by atoms with E-state index in [9.17, 15) is 0 Å². The zero-order valence-electron chi connectivity index (χ0n) is 10.2. The number of hydrogen-bond acceptors (Lipinski definition) is 3. The van der Waals surface area contributed by atoms with Gasteiger partial charge in [0.25, 0.3) is 0 Å². The first-order chi connectivity index (χ1) is 8.70. The Labute approximate surface area is 112 Å². The minimum absolute atomic E-state index is 0.379. The predicted molar refractivity (Wildman–Crippen MR) is 79.2 cm³/mol. The first kappa shape index (κ1) is 12.5. The van der Waals surface area contributed by atoms with Crippen molar-refractivity contribution in [3.05, 3.63) is 53.7 Å². The van der Waals surface area contributed by atoms with Crippen LogP contribution in [-0.4, -0.2) is 9.97 Å². The lowest BCUT2D eigenvalue weighted by atomic mass is 10.1. The molecule has 4 heteroatoms. The molecule has 0 saturated carbocycles. The highest BCUT2D eigenvalue weighted by Gasteiger charge is 2.03. The van der Waals surface area contributed by atoms with E-state index in [1.807, 2.05) is 24.3 Å². The number of para-hydroxylation sites is 1. The zero-order valence-corrected chi connectivity index (χ0v) is 11.0. The van der Waals surface area contributed by atoms with Crippen molar-refractivity contribution in [3.63, 3.8) is 0 Å². The highest BCUT2D eigenvalue weighted by atomic mass is 32.1. The fourth-order valence-corrected chi connectivity index (χ4v) is 1.87. The Balaban J connectivity index is 2.28. The number of anilines is 2. The van der Waals surface area contributed by atoms with Crippen LogP contribution in [0.2, 0.25) is 0 Å². The van der Waals surface area contributed by atoms with Crippen LogP contribution in [0.1, 0.15) is 18.1 Å².